The number of benzene rings is 2. The number of aromatic nitrogens is 1. The molecule has 2 heterocycles. The van der Waals surface area contributed by atoms with Gasteiger partial charge in [0.25, 0.3) is 0 Å². The highest BCUT2D eigenvalue weighted by atomic mass is 35.5. The second-order valence-corrected chi connectivity index (χ2v) is 7.68. The minimum atomic E-state index is -0.240. The molecule has 0 spiro atoms. The van der Waals surface area contributed by atoms with E-state index in [9.17, 15) is 14.7 Å². The Hall–Kier alpha value is -3.32. The van der Waals surface area contributed by atoms with Crippen LogP contribution in [0.3, 0.4) is 0 Å². The van der Waals surface area contributed by atoms with Gasteiger partial charge in [0, 0.05) is 47.2 Å². The Morgan fingerprint density at radius 3 is 2.67 bits per heavy atom. The summed E-state index contributed by atoms with van der Waals surface area (Å²) >= 11 is 5.93. The van der Waals surface area contributed by atoms with Crippen LogP contribution in [0.15, 0.2) is 54.9 Å². The number of hydrogen-bond acceptors (Lipinski definition) is 4. The summed E-state index contributed by atoms with van der Waals surface area (Å²) in [6.07, 6.45) is 4.53. The van der Waals surface area contributed by atoms with E-state index >= 15 is 0 Å². The van der Waals surface area contributed by atoms with Crippen LogP contribution in [0.5, 0.6) is 5.75 Å². The molecule has 8 heteroatoms. The molecule has 0 aliphatic carbocycles. The molecule has 1 aliphatic rings. The second kappa shape index (κ2) is 8.59. The lowest BCUT2D eigenvalue weighted by molar-refractivity contribution is -0.121. The van der Waals surface area contributed by atoms with Crippen molar-refractivity contribution in [1.29, 1.82) is 0 Å². The van der Waals surface area contributed by atoms with Crippen LogP contribution in [0.2, 0.25) is 5.02 Å². The lowest BCUT2D eigenvalue weighted by atomic mass is 9.96. The largest absolute Gasteiger partial charge is 0.506 e. The molecular formula is C22H21ClN4O3. The lowest BCUT2D eigenvalue weighted by Crippen LogP contribution is -2.43. The lowest BCUT2D eigenvalue weighted by Gasteiger charge is -2.31. The minimum Gasteiger partial charge on any atom is -0.506 e. The molecule has 2 aromatic carbocycles. The molecule has 1 aromatic heterocycles. The number of rotatable bonds is 3. The van der Waals surface area contributed by atoms with E-state index in [1.54, 1.807) is 23.4 Å². The SMILES string of the molecule is O=C(Nc1cc(Cl)ccc1O)C1CCN(C(=O)Nc2cccc3cnccc23)CC1. The first-order valence-corrected chi connectivity index (χ1v) is 10.1. The fourth-order valence-electron chi connectivity index (χ4n) is 3.61. The van der Waals surface area contributed by atoms with Crippen molar-refractivity contribution in [3.63, 3.8) is 0 Å². The predicted octanol–water partition coefficient (Wildman–Crippen LogP) is 4.48. The number of piperidine rings is 1. The number of nitrogens with zero attached hydrogens (tertiary/aromatic N) is 2. The summed E-state index contributed by atoms with van der Waals surface area (Å²) in [5.74, 6) is -0.458. The zero-order valence-electron chi connectivity index (χ0n) is 16.1. The van der Waals surface area contributed by atoms with Crippen LogP contribution in [0, 0.1) is 5.92 Å². The normalized spacial score (nSPS) is 14.5. The van der Waals surface area contributed by atoms with Gasteiger partial charge in [-0.25, -0.2) is 4.79 Å². The van der Waals surface area contributed by atoms with Crippen molar-refractivity contribution >= 4 is 45.7 Å². The van der Waals surface area contributed by atoms with Gasteiger partial charge in [-0.1, -0.05) is 23.7 Å². The topological polar surface area (TPSA) is 94.6 Å². The van der Waals surface area contributed by atoms with Gasteiger partial charge >= 0.3 is 6.03 Å². The van der Waals surface area contributed by atoms with Crippen molar-refractivity contribution in [2.24, 2.45) is 5.92 Å². The van der Waals surface area contributed by atoms with Gasteiger partial charge in [0.1, 0.15) is 5.75 Å². The van der Waals surface area contributed by atoms with E-state index in [1.807, 2.05) is 24.3 Å². The summed E-state index contributed by atoms with van der Waals surface area (Å²) in [4.78, 5) is 31.1. The van der Waals surface area contributed by atoms with Crippen molar-refractivity contribution in [2.45, 2.75) is 12.8 Å². The van der Waals surface area contributed by atoms with Gasteiger partial charge in [-0.2, -0.15) is 0 Å². The number of carbonyl (C=O) groups is 2. The third-order valence-electron chi connectivity index (χ3n) is 5.29. The molecule has 0 saturated carbocycles. The number of amides is 3. The van der Waals surface area contributed by atoms with Gasteiger partial charge in [-0.3, -0.25) is 9.78 Å². The molecule has 1 saturated heterocycles. The summed E-state index contributed by atoms with van der Waals surface area (Å²) < 4.78 is 0. The summed E-state index contributed by atoms with van der Waals surface area (Å²) in [7, 11) is 0. The van der Waals surface area contributed by atoms with Crippen LogP contribution in [0.1, 0.15) is 12.8 Å². The molecule has 0 unspecified atom stereocenters. The molecule has 3 aromatic rings. The maximum absolute atomic E-state index is 12.7. The Labute approximate surface area is 178 Å². The molecule has 1 aliphatic heterocycles. The molecule has 3 amide bonds. The molecule has 30 heavy (non-hydrogen) atoms. The van der Waals surface area contributed by atoms with Gasteiger partial charge in [0.15, 0.2) is 0 Å². The maximum Gasteiger partial charge on any atom is 0.321 e. The Bertz CT molecular complexity index is 1090. The number of phenolic OH excluding ortho intramolecular Hbond substituents is 1. The monoisotopic (exact) mass is 424 g/mol. The number of pyridine rings is 1. The fourth-order valence-corrected chi connectivity index (χ4v) is 3.79. The molecule has 0 radical (unpaired) electrons. The minimum absolute atomic E-state index is 0.0325. The molecule has 0 bridgehead atoms. The van der Waals surface area contributed by atoms with E-state index < -0.39 is 0 Å². The number of carbonyl (C=O) groups excluding carboxylic acids is 2. The van der Waals surface area contributed by atoms with E-state index in [4.69, 9.17) is 11.6 Å². The van der Waals surface area contributed by atoms with E-state index in [0.717, 1.165) is 16.5 Å². The first-order valence-electron chi connectivity index (χ1n) is 9.69. The number of phenols is 1. The van der Waals surface area contributed by atoms with Crippen LogP contribution in [0.25, 0.3) is 10.8 Å². The van der Waals surface area contributed by atoms with Crippen LogP contribution in [-0.4, -0.2) is 40.0 Å². The molecular weight excluding hydrogens is 404 g/mol. The summed E-state index contributed by atoms with van der Waals surface area (Å²) in [5.41, 5.74) is 1.02. The van der Waals surface area contributed by atoms with Gasteiger partial charge in [0.2, 0.25) is 5.91 Å². The maximum atomic E-state index is 12.7. The van der Waals surface area contributed by atoms with E-state index in [0.29, 0.717) is 31.0 Å². The third kappa shape index (κ3) is 4.31. The highest BCUT2D eigenvalue weighted by Gasteiger charge is 2.28. The second-order valence-electron chi connectivity index (χ2n) is 7.24. The smallest absolute Gasteiger partial charge is 0.321 e. The first kappa shape index (κ1) is 20.0. The van der Waals surface area contributed by atoms with Gasteiger partial charge < -0.3 is 20.6 Å². The number of hydrogen-bond donors (Lipinski definition) is 3. The van der Waals surface area contributed by atoms with Crippen molar-refractivity contribution in [3.8, 4) is 5.75 Å². The van der Waals surface area contributed by atoms with Crippen molar-refractivity contribution < 1.29 is 14.7 Å². The number of anilines is 2. The molecule has 1 fully saturated rings. The Balaban J connectivity index is 1.35. The Kier molecular flexibility index (Phi) is 5.72. The zero-order valence-corrected chi connectivity index (χ0v) is 16.9. The van der Waals surface area contributed by atoms with Crippen molar-refractivity contribution in [3.05, 3.63) is 59.9 Å². The number of nitrogens with one attached hydrogen (secondary N) is 2. The van der Waals surface area contributed by atoms with Crippen LogP contribution >= 0.6 is 11.6 Å². The molecule has 4 rings (SSSR count). The molecule has 0 atom stereocenters. The van der Waals surface area contributed by atoms with E-state index in [-0.39, 0.29) is 29.3 Å². The number of fused-ring (bicyclic) bond motifs is 1. The van der Waals surface area contributed by atoms with Crippen molar-refractivity contribution in [2.75, 3.05) is 23.7 Å². The molecule has 154 valence electrons. The summed E-state index contributed by atoms with van der Waals surface area (Å²) in [6, 6.07) is 11.9. The summed E-state index contributed by atoms with van der Waals surface area (Å²) in [6.45, 7) is 0.940. The summed E-state index contributed by atoms with van der Waals surface area (Å²) in [5, 5.41) is 17.9. The first-order chi connectivity index (χ1) is 14.5. The number of aromatic hydroxyl groups is 1. The number of halogens is 1. The van der Waals surface area contributed by atoms with E-state index in [2.05, 4.69) is 15.6 Å². The number of urea groups is 1. The zero-order chi connectivity index (χ0) is 21.1. The van der Waals surface area contributed by atoms with Crippen molar-refractivity contribution in [1.82, 2.24) is 9.88 Å². The van der Waals surface area contributed by atoms with Crippen LogP contribution in [-0.2, 0) is 4.79 Å². The van der Waals surface area contributed by atoms with Crippen LogP contribution in [0.4, 0.5) is 16.2 Å². The fraction of sp³-hybridized carbons (Fsp3) is 0.227. The third-order valence-corrected chi connectivity index (χ3v) is 5.53. The van der Waals surface area contributed by atoms with Gasteiger partial charge in [0.05, 0.1) is 11.4 Å². The number of likely N-dealkylation sites (tertiary alicyclic amines) is 1. The Morgan fingerprint density at radius 1 is 1.07 bits per heavy atom. The Morgan fingerprint density at radius 2 is 1.87 bits per heavy atom. The highest BCUT2D eigenvalue weighted by Crippen LogP contribution is 2.28. The quantitative estimate of drug-likeness (QED) is 0.540. The van der Waals surface area contributed by atoms with Crippen LogP contribution < -0.4 is 10.6 Å². The van der Waals surface area contributed by atoms with Gasteiger partial charge in [-0.15, -0.1) is 0 Å². The molecule has 3 N–H and O–H groups in total. The van der Waals surface area contributed by atoms with Gasteiger partial charge in [-0.05, 0) is 43.2 Å². The highest BCUT2D eigenvalue weighted by molar-refractivity contribution is 6.31. The standard InChI is InChI=1S/C22H21ClN4O3/c23-16-4-5-20(28)19(12-16)25-21(29)14-7-10-27(11-8-14)22(30)26-18-3-1-2-15-13-24-9-6-17(15)18/h1-6,9,12-14,28H,7-8,10-11H2,(H,25,29)(H,26,30). The predicted molar refractivity (Wildman–Crippen MR) is 117 cm³/mol. The van der Waals surface area contributed by atoms with E-state index in [1.165, 1.54) is 12.1 Å². The average Bonchev–Trinajstić information content (AvgIpc) is 2.76. The molecule has 7 nitrogen and oxygen atoms in total. The average molecular weight is 425 g/mol.